The molecule has 0 unspecified atom stereocenters. The van der Waals surface area contributed by atoms with Crippen molar-refractivity contribution < 1.29 is 14.0 Å². The Hall–Kier alpha value is -2.88. The van der Waals surface area contributed by atoms with E-state index in [9.17, 15) is 14.0 Å². The molecule has 0 radical (unpaired) electrons. The van der Waals surface area contributed by atoms with Gasteiger partial charge < -0.3 is 0 Å². The van der Waals surface area contributed by atoms with E-state index in [2.05, 4.69) is 16.3 Å². The summed E-state index contributed by atoms with van der Waals surface area (Å²) in [7, 11) is 1.58. The van der Waals surface area contributed by atoms with Crippen LogP contribution in [0.2, 0.25) is 0 Å². The molecular formula is C14H11FN4O2. The molecule has 1 saturated heterocycles. The van der Waals surface area contributed by atoms with Gasteiger partial charge in [0.2, 0.25) is 5.91 Å². The second-order valence-corrected chi connectivity index (χ2v) is 4.70. The van der Waals surface area contributed by atoms with Crippen LogP contribution in [0.1, 0.15) is 12.0 Å². The number of carbonyl (C=O) groups excluding carboxylic acids is 2. The van der Waals surface area contributed by atoms with Crippen LogP contribution in [0.3, 0.4) is 0 Å². The van der Waals surface area contributed by atoms with Gasteiger partial charge in [0.1, 0.15) is 11.3 Å². The van der Waals surface area contributed by atoms with Crippen molar-refractivity contribution in [2.45, 2.75) is 6.42 Å². The number of nitrogens with one attached hydrogen (secondary N) is 1. The van der Waals surface area contributed by atoms with Crippen LogP contribution >= 0.6 is 0 Å². The van der Waals surface area contributed by atoms with Crippen LogP contribution < -0.4 is 10.2 Å². The average Bonchev–Trinajstić information content (AvgIpc) is 2.76. The highest BCUT2D eigenvalue weighted by atomic mass is 19.1. The summed E-state index contributed by atoms with van der Waals surface area (Å²) in [5.74, 6) is 1.81. The smallest absolute Gasteiger partial charge is 0.278 e. The molecule has 1 aromatic heterocycles. The Morgan fingerprint density at radius 2 is 2.19 bits per heavy atom. The zero-order chi connectivity index (χ0) is 15.1. The summed E-state index contributed by atoms with van der Waals surface area (Å²) in [4.78, 5) is 24.4. The minimum absolute atomic E-state index is 0.168. The van der Waals surface area contributed by atoms with Gasteiger partial charge in [-0.25, -0.2) is 9.18 Å². The largest absolute Gasteiger partial charge is 0.329 e. The van der Waals surface area contributed by atoms with Crippen molar-refractivity contribution in [2.75, 3.05) is 11.4 Å². The van der Waals surface area contributed by atoms with Gasteiger partial charge in [0, 0.05) is 31.0 Å². The van der Waals surface area contributed by atoms with Crippen molar-refractivity contribution in [3.8, 4) is 12.3 Å². The third-order valence-electron chi connectivity index (χ3n) is 3.35. The molecule has 2 aromatic rings. The molecule has 0 bridgehead atoms. The van der Waals surface area contributed by atoms with Gasteiger partial charge in [-0.2, -0.15) is 5.10 Å². The molecule has 3 amide bonds. The maximum atomic E-state index is 14.1. The Bertz CT molecular complexity index is 818. The summed E-state index contributed by atoms with van der Waals surface area (Å²) in [5, 5.41) is 6.84. The van der Waals surface area contributed by atoms with Crippen molar-refractivity contribution in [3.63, 3.8) is 0 Å². The Morgan fingerprint density at radius 3 is 2.86 bits per heavy atom. The predicted molar refractivity (Wildman–Crippen MR) is 74.1 cm³/mol. The molecule has 1 N–H and O–H groups in total. The second kappa shape index (κ2) is 4.59. The number of halogens is 1. The molecule has 1 aliphatic rings. The number of hydrogen-bond acceptors (Lipinski definition) is 3. The third kappa shape index (κ3) is 2.01. The van der Waals surface area contributed by atoms with Gasteiger partial charge in [-0.3, -0.25) is 19.7 Å². The van der Waals surface area contributed by atoms with Crippen LogP contribution in [0.4, 0.5) is 15.0 Å². The molecule has 106 valence electrons. The number of aryl methyl sites for hydroxylation is 1. The number of imide groups is 1. The summed E-state index contributed by atoms with van der Waals surface area (Å²) in [6.07, 6.45) is 5.48. The van der Waals surface area contributed by atoms with Gasteiger partial charge in [-0.05, 0) is 12.1 Å². The Morgan fingerprint density at radius 1 is 1.43 bits per heavy atom. The highest BCUT2D eigenvalue weighted by Gasteiger charge is 2.28. The number of nitrogens with zero attached hydrogens (tertiary/aromatic N) is 3. The molecule has 2 heterocycles. The number of hydrogen-bond donors (Lipinski definition) is 1. The van der Waals surface area contributed by atoms with E-state index in [1.54, 1.807) is 13.1 Å². The lowest BCUT2D eigenvalue weighted by Gasteiger charge is -2.24. The fourth-order valence-corrected chi connectivity index (χ4v) is 2.39. The zero-order valence-electron chi connectivity index (χ0n) is 11.2. The SMILES string of the molecule is C#Cc1cc(F)c2c(c1)c(N1CCC(=O)NC1=O)nn2C. The Kier molecular flexibility index (Phi) is 2.87. The van der Waals surface area contributed by atoms with Gasteiger partial charge in [0.25, 0.3) is 0 Å². The number of carbonyl (C=O) groups is 2. The normalized spacial score (nSPS) is 15.2. The van der Waals surface area contributed by atoms with Gasteiger partial charge in [0.05, 0.1) is 0 Å². The van der Waals surface area contributed by atoms with Crippen molar-refractivity contribution >= 4 is 28.7 Å². The lowest BCUT2D eigenvalue weighted by atomic mass is 10.1. The van der Waals surface area contributed by atoms with Crippen molar-refractivity contribution in [3.05, 3.63) is 23.5 Å². The van der Waals surface area contributed by atoms with Crippen molar-refractivity contribution in [1.29, 1.82) is 0 Å². The summed E-state index contributed by atoms with van der Waals surface area (Å²) < 4.78 is 15.5. The van der Waals surface area contributed by atoms with Crippen LogP contribution in [0.15, 0.2) is 12.1 Å². The minimum atomic E-state index is -0.572. The van der Waals surface area contributed by atoms with E-state index >= 15 is 0 Å². The Labute approximate surface area is 119 Å². The number of aromatic nitrogens is 2. The number of urea groups is 1. The van der Waals surface area contributed by atoms with Crippen LogP contribution in [0.25, 0.3) is 10.9 Å². The Balaban J connectivity index is 2.19. The van der Waals surface area contributed by atoms with E-state index in [0.29, 0.717) is 10.9 Å². The summed E-state index contributed by atoms with van der Waals surface area (Å²) in [6.45, 7) is 0.193. The maximum absolute atomic E-state index is 14.1. The van der Waals surface area contributed by atoms with Gasteiger partial charge in [-0.1, -0.05) is 5.92 Å². The average molecular weight is 286 g/mol. The topological polar surface area (TPSA) is 67.2 Å². The number of fused-ring (bicyclic) bond motifs is 1. The lowest BCUT2D eigenvalue weighted by molar-refractivity contribution is -0.120. The molecule has 0 saturated carbocycles. The first-order valence-electron chi connectivity index (χ1n) is 6.25. The number of amides is 3. The van der Waals surface area contributed by atoms with E-state index in [4.69, 9.17) is 6.42 Å². The molecule has 1 aromatic carbocycles. The first kappa shape index (κ1) is 13.1. The fourth-order valence-electron chi connectivity index (χ4n) is 2.39. The third-order valence-corrected chi connectivity index (χ3v) is 3.35. The van der Waals surface area contributed by atoms with Crippen molar-refractivity contribution in [2.24, 2.45) is 7.05 Å². The molecular weight excluding hydrogens is 275 g/mol. The molecule has 6 nitrogen and oxygen atoms in total. The van der Waals surface area contributed by atoms with Gasteiger partial charge in [-0.15, -0.1) is 6.42 Å². The molecule has 1 aliphatic heterocycles. The standard InChI is InChI=1S/C14H11FN4O2/c1-3-8-6-9-12(10(15)7-8)18(2)17-13(9)19-5-4-11(20)16-14(19)21/h1,6-7H,4-5H2,2H3,(H,16,20,21). The van der Waals surface area contributed by atoms with E-state index in [1.165, 1.54) is 15.6 Å². The monoisotopic (exact) mass is 286 g/mol. The molecule has 0 aliphatic carbocycles. The lowest BCUT2D eigenvalue weighted by Crippen LogP contribution is -2.49. The number of benzene rings is 1. The highest BCUT2D eigenvalue weighted by Crippen LogP contribution is 2.29. The second-order valence-electron chi connectivity index (χ2n) is 4.70. The summed E-state index contributed by atoms with van der Waals surface area (Å²) in [6, 6.07) is 2.27. The van der Waals surface area contributed by atoms with Crippen LogP contribution in [0, 0.1) is 18.2 Å². The zero-order valence-corrected chi connectivity index (χ0v) is 11.2. The summed E-state index contributed by atoms with van der Waals surface area (Å²) >= 11 is 0. The highest BCUT2D eigenvalue weighted by molar-refractivity contribution is 6.09. The molecule has 3 rings (SSSR count). The first-order valence-corrected chi connectivity index (χ1v) is 6.25. The molecule has 1 fully saturated rings. The van der Waals surface area contributed by atoms with E-state index in [0.717, 1.165) is 0 Å². The van der Waals surface area contributed by atoms with Crippen molar-refractivity contribution in [1.82, 2.24) is 15.1 Å². The van der Waals surface area contributed by atoms with Crippen LogP contribution in [-0.2, 0) is 11.8 Å². The number of anilines is 1. The summed E-state index contributed by atoms with van der Waals surface area (Å²) in [5.41, 5.74) is 0.622. The first-order chi connectivity index (χ1) is 10.0. The van der Waals surface area contributed by atoms with Crippen LogP contribution in [-0.4, -0.2) is 28.3 Å². The van der Waals surface area contributed by atoms with Gasteiger partial charge >= 0.3 is 6.03 Å². The number of rotatable bonds is 1. The van der Waals surface area contributed by atoms with E-state index in [1.807, 2.05) is 0 Å². The molecule has 0 atom stereocenters. The van der Waals surface area contributed by atoms with E-state index < -0.39 is 11.8 Å². The van der Waals surface area contributed by atoms with Gasteiger partial charge in [0.15, 0.2) is 5.82 Å². The molecule has 7 heteroatoms. The predicted octanol–water partition coefficient (Wildman–Crippen LogP) is 1.14. The number of terminal acetylenes is 1. The maximum Gasteiger partial charge on any atom is 0.329 e. The van der Waals surface area contributed by atoms with E-state index in [-0.39, 0.29) is 30.2 Å². The molecule has 21 heavy (non-hydrogen) atoms. The quantitative estimate of drug-likeness (QED) is 0.799. The van der Waals surface area contributed by atoms with Crippen LogP contribution in [0.5, 0.6) is 0 Å². The minimum Gasteiger partial charge on any atom is -0.278 e. The molecule has 0 spiro atoms. The fraction of sp³-hybridized carbons (Fsp3) is 0.214.